The van der Waals surface area contributed by atoms with Crippen LogP contribution in [0.4, 0.5) is 5.69 Å². The lowest BCUT2D eigenvalue weighted by Crippen LogP contribution is -2.05. The second-order valence-corrected chi connectivity index (χ2v) is 5.15. The maximum absolute atomic E-state index is 5.74. The van der Waals surface area contributed by atoms with Crippen LogP contribution in [0.3, 0.4) is 0 Å². The van der Waals surface area contributed by atoms with Gasteiger partial charge in [0.05, 0.1) is 12.1 Å². The minimum atomic E-state index is 0.751. The molecule has 0 saturated carbocycles. The van der Waals surface area contributed by atoms with Gasteiger partial charge < -0.3 is 10.1 Å². The van der Waals surface area contributed by atoms with Gasteiger partial charge in [-0.05, 0) is 50.5 Å². The summed E-state index contributed by atoms with van der Waals surface area (Å²) < 4.78 is 5.74. The molecule has 0 atom stereocenters. The van der Waals surface area contributed by atoms with Crippen molar-refractivity contribution in [1.82, 2.24) is 4.98 Å². The van der Waals surface area contributed by atoms with Crippen LogP contribution in [0, 0.1) is 13.8 Å². The number of ether oxygens (including phenoxy) is 1. The molecule has 1 aromatic heterocycles. The van der Waals surface area contributed by atoms with Gasteiger partial charge in [-0.2, -0.15) is 0 Å². The molecule has 2 aromatic rings. The van der Waals surface area contributed by atoms with Crippen molar-refractivity contribution < 1.29 is 4.74 Å². The molecule has 20 heavy (non-hydrogen) atoms. The molecule has 0 fully saturated rings. The molecule has 0 aliphatic carbocycles. The summed E-state index contributed by atoms with van der Waals surface area (Å²) in [7, 11) is 0. The summed E-state index contributed by atoms with van der Waals surface area (Å²) in [5, 5.41) is 4.68. The summed E-state index contributed by atoms with van der Waals surface area (Å²) in [6.45, 7) is 10.2. The van der Waals surface area contributed by atoms with Gasteiger partial charge in [-0.15, -0.1) is 0 Å². The molecule has 0 bridgehead atoms. The number of aromatic nitrogens is 1. The lowest BCUT2D eigenvalue weighted by Gasteiger charge is -2.15. The molecule has 0 saturated heterocycles. The summed E-state index contributed by atoms with van der Waals surface area (Å²) in [6, 6.07) is 6.15. The van der Waals surface area contributed by atoms with Crippen LogP contribution in [0.25, 0.3) is 10.9 Å². The highest BCUT2D eigenvalue weighted by Crippen LogP contribution is 2.30. The lowest BCUT2D eigenvalue weighted by molar-refractivity contribution is 0.318. The number of hydrogen-bond acceptors (Lipinski definition) is 3. The molecule has 0 aliphatic heterocycles. The number of fused-ring (bicyclic) bond motifs is 1. The van der Waals surface area contributed by atoms with Crippen LogP contribution in [0.15, 0.2) is 18.2 Å². The number of nitrogens with zero attached hydrogens (tertiary/aromatic N) is 1. The fourth-order valence-electron chi connectivity index (χ4n) is 2.25. The minimum absolute atomic E-state index is 0.751. The van der Waals surface area contributed by atoms with Crippen molar-refractivity contribution in [3.63, 3.8) is 0 Å². The van der Waals surface area contributed by atoms with Crippen molar-refractivity contribution in [3.8, 4) is 5.75 Å². The van der Waals surface area contributed by atoms with Crippen LogP contribution >= 0.6 is 0 Å². The van der Waals surface area contributed by atoms with E-state index in [0.29, 0.717) is 0 Å². The van der Waals surface area contributed by atoms with Gasteiger partial charge in [0.1, 0.15) is 5.75 Å². The van der Waals surface area contributed by atoms with Crippen LogP contribution < -0.4 is 10.1 Å². The fourth-order valence-corrected chi connectivity index (χ4v) is 2.25. The number of anilines is 1. The Hall–Kier alpha value is -1.77. The molecular formula is C17H24N2O. The minimum Gasteiger partial charge on any atom is -0.494 e. The van der Waals surface area contributed by atoms with E-state index in [1.165, 1.54) is 11.3 Å². The van der Waals surface area contributed by atoms with Crippen molar-refractivity contribution in [2.45, 2.75) is 40.5 Å². The zero-order valence-corrected chi connectivity index (χ0v) is 12.9. The molecule has 1 N–H and O–H groups in total. The van der Waals surface area contributed by atoms with E-state index < -0.39 is 0 Å². The Morgan fingerprint density at radius 1 is 1.15 bits per heavy atom. The second kappa shape index (κ2) is 6.60. The summed E-state index contributed by atoms with van der Waals surface area (Å²) in [4.78, 5) is 4.67. The third kappa shape index (κ3) is 3.03. The van der Waals surface area contributed by atoms with Crippen molar-refractivity contribution >= 4 is 16.6 Å². The summed E-state index contributed by atoms with van der Waals surface area (Å²) in [5.41, 5.74) is 4.52. The maximum Gasteiger partial charge on any atom is 0.120 e. The summed E-state index contributed by atoms with van der Waals surface area (Å²) in [6.07, 6.45) is 2.12. The molecule has 1 heterocycles. The average Bonchev–Trinajstić information content (AvgIpc) is 2.46. The van der Waals surface area contributed by atoms with Gasteiger partial charge in [0.2, 0.25) is 0 Å². The third-order valence-corrected chi connectivity index (χ3v) is 3.47. The molecule has 0 unspecified atom stereocenters. The van der Waals surface area contributed by atoms with Crippen LogP contribution in [-0.2, 0) is 0 Å². The maximum atomic E-state index is 5.74. The first-order valence-corrected chi connectivity index (χ1v) is 7.45. The Labute approximate surface area is 121 Å². The van der Waals surface area contributed by atoms with E-state index in [9.17, 15) is 0 Å². The highest BCUT2D eigenvalue weighted by molar-refractivity contribution is 5.94. The fraction of sp³-hybridized carbons (Fsp3) is 0.471. The van der Waals surface area contributed by atoms with E-state index in [1.807, 2.05) is 12.1 Å². The lowest BCUT2D eigenvalue weighted by atomic mass is 10.1. The predicted octanol–water partition coefficient (Wildman–Crippen LogP) is 4.46. The molecule has 0 radical (unpaired) electrons. The van der Waals surface area contributed by atoms with E-state index in [0.717, 1.165) is 48.3 Å². The Morgan fingerprint density at radius 2 is 1.95 bits per heavy atom. The van der Waals surface area contributed by atoms with Gasteiger partial charge in [0.25, 0.3) is 0 Å². The second-order valence-electron chi connectivity index (χ2n) is 5.15. The van der Waals surface area contributed by atoms with Gasteiger partial charge in [-0.25, -0.2) is 0 Å². The molecule has 0 spiro atoms. The normalized spacial score (nSPS) is 10.8. The van der Waals surface area contributed by atoms with E-state index in [4.69, 9.17) is 4.74 Å². The monoisotopic (exact) mass is 272 g/mol. The van der Waals surface area contributed by atoms with E-state index >= 15 is 0 Å². The molecule has 108 valence electrons. The molecule has 3 heteroatoms. The number of rotatable bonds is 6. The predicted molar refractivity (Wildman–Crippen MR) is 85.8 cm³/mol. The van der Waals surface area contributed by atoms with Crippen molar-refractivity contribution in [2.75, 3.05) is 18.5 Å². The van der Waals surface area contributed by atoms with Gasteiger partial charge in [0.15, 0.2) is 0 Å². The molecule has 0 aliphatic rings. The molecule has 0 amide bonds. The van der Waals surface area contributed by atoms with Gasteiger partial charge in [0, 0.05) is 23.3 Å². The van der Waals surface area contributed by atoms with Gasteiger partial charge in [-0.3, -0.25) is 4.98 Å². The number of hydrogen-bond donors (Lipinski definition) is 1. The smallest absolute Gasteiger partial charge is 0.120 e. The van der Waals surface area contributed by atoms with Crippen LogP contribution in [-0.4, -0.2) is 18.1 Å². The largest absolute Gasteiger partial charge is 0.494 e. The zero-order chi connectivity index (χ0) is 14.5. The van der Waals surface area contributed by atoms with Crippen LogP contribution in [0.1, 0.15) is 37.9 Å². The highest BCUT2D eigenvalue weighted by Gasteiger charge is 2.10. The third-order valence-electron chi connectivity index (χ3n) is 3.47. The van der Waals surface area contributed by atoms with E-state index in [1.54, 1.807) is 0 Å². The van der Waals surface area contributed by atoms with Crippen molar-refractivity contribution in [2.24, 2.45) is 0 Å². The standard InChI is InChI=1S/C17H24N2O/c1-5-9-18-17-12(3)13(4)19-16-8-7-14(11-15(16)17)20-10-6-2/h7-8,11H,5-6,9-10H2,1-4H3,(H,18,19). The van der Waals surface area contributed by atoms with Gasteiger partial charge in [-0.1, -0.05) is 13.8 Å². The molecule has 2 rings (SSSR count). The molecule has 3 nitrogen and oxygen atoms in total. The van der Waals surface area contributed by atoms with Crippen molar-refractivity contribution in [3.05, 3.63) is 29.5 Å². The molecular weight excluding hydrogens is 248 g/mol. The SMILES string of the molecule is CCCNc1c(C)c(C)nc2ccc(OCCC)cc12. The highest BCUT2D eigenvalue weighted by atomic mass is 16.5. The summed E-state index contributed by atoms with van der Waals surface area (Å²) in [5.74, 6) is 0.920. The Morgan fingerprint density at radius 3 is 2.65 bits per heavy atom. The molecule has 1 aromatic carbocycles. The number of nitrogens with one attached hydrogen (secondary N) is 1. The van der Waals surface area contributed by atoms with Gasteiger partial charge >= 0.3 is 0 Å². The number of benzene rings is 1. The van der Waals surface area contributed by atoms with E-state index in [2.05, 4.69) is 44.1 Å². The van der Waals surface area contributed by atoms with Crippen LogP contribution in [0.2, 0.25) is 0 Å². The Bertz CT molecular complexity index is 593. The van der Waals surface area contributed by atoms with Crippen molar-refractivity contribution in [1.29, 1.82) is 0 Å². The average molecular weight is 272 g/mol. The quantitative estimate of drug-likeness (QED) is 0.843. The zero-order valence-electron chi connectivity index (χ0n) is 12.9. The Kier molecular flexibility index (Phi) is 4.83. The number of aryl methyl sites for hydroxylation is 1. The Balaban J connectivity index is 2.49. The van der Waals surface area contributed by atoms with Crippen LogP contribution in [0.5, 0.6) is 5.75 Å². The topological polar surface area (TPSA) is 34.2 Å². The number of pyridine rings is 1. The first-order chi connectivity index (χ1) is 9.67. The first-order valence-electron chi connectivity index (χ1n) is 7.45. The summed E-state index contributed by atoms with van der Waals surface area (Å²) >= 11 is 0. The van der Waals surface area contributed by atoms with E-state index in [-0.39, 0.29) is 0 Å². The first kappa shape index (κ1) is 14.6.